The molecule has 0 bridgehead atoms. The highest BCUT2D eigenvalue weighted by Crippen LogP contribution is 2.13. The van der Waals surface area contributed by atoms with E-state index in [2.05, 4.69) is 9.89 Å². The average Bonchev–Trinajstić information content (AvgIpc) is 3.04. The van der Waals surface area contributed by atoms with E-state index in [4.69, 9.17) is 9.26 Å². The van der Waals surface area contributed by atoms with E-state index in [-0.39, 0.29) is 24.5 Å². The molecule has 2 rings (SSSR count). The first-order valence-corrected chi connectivity index (χ1v) is 7.28. The Morgan fingerprint density at radius 1 is 1.22 bits per heavy atom. The molecule has 23 heavy (non-hydrogen) atoms. The maximum Gasteiger partial charge on any atom is 0.308 e. The van der Waals surface area contributed by atoms with Crippen molar-refractivity contribution in [3.05, 3.63) is 53.4 Å². The number of ketones is 1. The van der Waals surface area contributed by atoms with Crippen LogP contribution in [-0.2, 0) is 27.5 Å². The Hall–Kier alpha value is -2.47. The van der Waals surface area contributed by atoms with E-state index < -0.39 is 11.9 Å². The van der Waals surface area contributed by atoms with Gasteiger partial charge in [-0.05, 0) is 5.56 Å². The maximum atomic E-state index is 12.0. The van der Waals surface area contributed by atoms with Crippen molar-refractivity contribution in [2.24, 2.45) is 5.92 Å². The third-order valence-corrected chi connectivity index (χ3v) is 3.30. The number of ether oxygens (including phenoxy) is 2. The first-order chi connectivity index (χ1) is 11.1. The number of rotatable bonds is 8. The van der Waals surface area contributed by atoms with Gasteiger partial charge in [-0.15, -0.1) is 0 Å². The largest absolute Gasteiger partial charge is 0.469 e. The second kappa shape index (κ2) is 8.24. The summed E-state index contributed by atoms with van der Waals surface area (Å²) in [6, 6.07) is 11.3. The van der Waals surface area contributed by atoms with Crippen molar-refractivity contribution >= 4 is 11.8 Å². The summed E-state index contributed by atoms with van der Waals surface area (Å²) in [5.41, 5.74) is 1.24. The van der Waals surface area contributed by atoms with Crippen LogP contribution in [0.15, 0.2) is 40.9 Å². The minimum atomic E-state index is -0.512. The van der Waals surface area contributed by atoms with Crippen molar-refractivity contribution < 1.29 is 23.6 Å². The highest BCUT2D eigenvalue weighted by atomic mass is 16.5. The standard InChI is InChI=1S/C17H19NO5/c1-12(17(20)21-2)8-16(19)15-9-14(23-18-15)11-22-10-13-6-4-3-5-7-13/h3-7,9,12H,8,10-11H2,1-2H3. The zero-order valence-corrected chi connectivity index (χ0v) is 13.2. The van der Waals surface area contributed by atoms with E-state index >= 15 is 0 Å². The summed E-state index contributed by atoms with van der Waals surface area (Å²) in [4.78, 5) is 23.3. The number of carbonyl (C=O) groups is 2. The number of esters is 1. The quantitative estimate of drug-likeness (QED) is 0.550. The topological polar surface area (TPSA) is 78.6 Å². The van der Waals surface area contributed by atoms with Gasteiger partial charge in [0.1, 0.15) is 12.3 Å². The molecule has 1 unspecified atom stereocenters. The van der Waals surface area contributed by atoms with Crippen LogP contribution in [-0.4, -0.2) is 24.0 Å². The Balaban J connectivity index is 1.83. The van der Waals surface area contributed by atoms with Crippen molar-refractivity contribution in [2.75, 3.05) is 7.11 Å². The van der Waals surface area contributed by atoms with Gasteiger partial charge in [0.2, 0.25) is 0 Å². The van der Waals surface area contributed by atoms with Crippen LogP contribution in [0.2, 0.25) is 0 Å². The van der Waals surface area contributed by atoms with Crippen LogP contribution in [0, 0.1) is 5.92 Å². The number of Topliss-reactive ketones (excluding diaryl/α,β-unsaturated/α-hetero) is 1. The number of hydrogen-bond acceptors (Lipinski definition) is 6. The summed E-state index contributed by atoms with van der Waals surface area (Å²) < 4.78 is 15.2. The third kappa shape index (κ3) is 5.03. The Morgan fingerprint density at radius 2 is 1.96 bits per heavy atom. The molecule has 0 saturated heterocycles. The van der Waals surface area contributed by atoms with Crippen molar-refractivity contribution in [3.8, 4) is 0 Å². The zero-order valence-electron chi connectivity index (χ0n) is 13.2. The normalized spacial score (nSPS) is 11.9. The Morgan fingerprint density at radius 3 is 2.65 bits per heavy atom. The molecule has 0 spiro atoms. The summed E-state index contributed by atoms with van der Waals surface area (Å²) in [7, 11) is 1.29. The van der Waals surface area contributed by atoms with E-state index in [1.807, 2.05) is 30.3 Å². The lowest BCUT2D eigenvalue weighted by Crippen LogP contribution is -2.17. The minimum absolute atomic E-state index is 0.0313. The van der Waals surface area contributed by atoms with Crippen molar-refractivity contribution in [2.45, 2.75) is 26.6 Å². The lowest BCUT2D eigenvalue weighted by atomic mass is 10.0. The van der Waals surface area contributed by atoms with Crippen molar-refractivity contribution in [1.82, 2.24) is 5.16 Å². The molecule has 6 heteroatoms. The van der Waals surface area contributed by atoms with Crippen LogP contribution in [0.4, 0.5) is 0 Å². The summed E-state index contributed by atoms with van der Waals surface area (Å²) in [6.07, 6.45) is 0.0313. The molecule has 0 fully saturated rings. The lowest BCUT2D eigenvalue weighted by Gasteiger charge is -2.05. The van der Waals surface area contributed by atoms with Gasteiger partial charge in [-0.1, -0.05) is 42.4 Å². The second-order valence-electron chi connectivity index (χ2n) is 5.21. The zero-order chi connectivity index (χ0) is 16.7. The minimum Gasteiger partial charge on any atom is -0.469 e. The number of methoxy groups -OCH3 is 1. The summed E-state index contributed by atoms with van der Waals surface area (Å²) in [5, 5.41) is 3.72. The van der Waals surface area contributed by atoms with Gasteiger partial charge in [0.25, 0.3) is 0 Å². The summed E-state index contributed by atoms with van der Waals surface area (Å²) in [5.74, 6) is -0.730. The highest BCUT2D eigenvalue weighted by molar-refractivity contribution is 5.96. The number of benzene rings is 1. The second-order valence-corrected chi connectivity index (χ2v) is 5.21. The molecule has 0 aliphatic carbocycles. The van der Waals surface area contributed by atoms with Crippen LogP contribution in [0.5, 0.6) is 0 Å². The van der Waals surface area contributed by atoms with E-state index in [1.54, 1.807) is 6.92 Å². The Labute approximate surface area is 134 Å². The van der Waals surface area contributed by atoms with Gasteiger partial charge >= 0.3 is 5.97 Å². The fourth-order valence-electron chi connectivity index (χ4n) is 2.02. The third-order valence-electron chi connectivity index (χ3n) is 3.30. The Kier molecular flexibility index (Phi) is 6.05. The van der Waals surface area contributed by atoms with E-state index in [9.17, 15) is 9.59 Å². The van der Waals surface area contributed by atoms with Crippen molar-refractivity contribution in [3.63, 3.8) is 0 Å². The summed E-state index contributed by atoms with van der Waals surface area (Å²) >= 11 is 0. The van der Waals surface area contributed by atoms with Gasteiger partial charge in [-0.3, -0.25) is 9.59 Å². The average molecular weight is 317 g/mol. The number of aromatic nitrogens is 1. The summed E-state index contributed by atoms with van der Waals surface area (Å²) in [6.45, 7) is 2.31. The monoisotopic (exact) mass is 317 g/mol. The molecule has 0 N–H and O–H groups in total. The number of nitrogens with zero attached hydrogens (tertiary/aromatic N) is 1. The molecule has 122 valence electrons. The predicted molar refractivity (Wildman–Crippen MR) is 81.6 cm³/mol. The smallest absolute Gasteiger partial charge is 0.308 e. The van der Waals surface area contributed by atoms with Crippen LogP contribution >= 0.6 is 0 Å². The fraction of sp³-hybridized carbons (Fsp3) is 0.353. The van der Waals surface area contributed by atoms with E-state index in [1.165, 1.54) is 13.2 Å². The number of carbonyl (C=O) groups excluding carboxylic acids is 2. The molecule has 2 aromatic rings. The van der Waals surface area contributed by atoms with Gasteiger partial charge in [0, 0.05) is 12.5 Å². The predicted octanol–water partition coefficient (Wildman–Crippen LogP) is 2.77. The Bertz CT molecular complexity index is 650. The molecule has 0 radical (unpaired) electrons. The van der Waals surface area contributed by atoms with Gasteiger partial charge in [-0.2, -0.15) is 0 Å². The molecule has 0 amide bonds. The molecule has 1 heterocycles. The molecule has 6 nitrogen and oxygen atoms in total. The molecular weight excluding hydrogens is 298 g/mol. The van der Waals surface area contributed by atoms with Crippen LogP contribution in [0.25, 0.3) is 0 Å². The van der Waals surface area contributed by atoms with Gasteiger partial charge in [-0.25, -0.2) is 0 Å². The van der Waals surface area contributed by atoms with Crippen LogP contribution < -0.4 is 0 Å². The van der Waals surface area contributed by atoms with Gasteiger partial charge in [0.05, 0.1) is 19.6 Å². The lowest BCUT2D eigenvalue weighted by molar-refractivity contribution is -0.144. The van der Waals surface area contributed by atoms with Crippen LogP contribution in [0.1, 0.15) is 35.2 Å². The highest BCUT2D eigenvalue weighted by Gasteiger charge is 2.21. The molecular formula is C17H19NO5. The molecule has 0 saturated carbocycles. The molecule has 1 atom stereocenters. The van der Waals surface area contributed by atoms with E-state index in [0.29, 0.717) is 12.4 Å². The molecule has 1 aromatic heterocycles. The first-order valence-electron chi connectivity index (χ1n) is 7.28. The molecule has 0 aliphatic heterocycles. The molecule has 1 aromatic carbocycles. The van der Waals surface area contributed by atoms with E-state index in [0.717, 1.165) is 5.56 Å². The van der Waals surface area contributed by atoms with Gasteiger partial charge < -0.3 is 14.0 Å². The number of hydrogen-bond donors (Lipinski definition) is 0. The first kappa shape index (κ1) is 16.9. The van der Waals surface area contributed by atoms with Crippen LogP contribution in [0.3, 0.4) is 0 Å². The van der Waals surface area contributed by atoms with Gasteiger partial charge in [0.15, 0.2) is 11.5 Å². The SMILES string of the molecule is COC(=O)C(C)CC(=O)c1cc(COCc2ccccc2)on1. The van der Waals surface area contributed by atoms with Crippen molar-refractivity contribution in [1.29, 1.82) is 0 Å². The molecule has 0 aliphatic rings. The maximum absolute atomic E-state index is 12.0. The fourth-order valence-corrected chi connectivity index (χ4v) is 2.02.